The molecule has 1 aromatic rings. The van der Waals surface area contributed by atoms with Crippen molar-refractivity contribution in [2.75, 3.05) is 0 Å². The lowest BCUT2D eigenvalue weighted by Gasteiger charge is -2.09. The number of hydrogen-bond donors (Lipinski definition) is 1. The minimum atomic E-state index is -4.18. The molecular formula is C7H7F2IN2O2S. The summed E-state index contributed by atoms with van der Waals surface area (Å²) >= 11 is 1.64. The molecule has 0 spiro atoms. The van der Waals surface area contributed by atoms with Gasteiger partial charge in [0.25, 0.3) is 6.43 Å². The lowest BCUT2D eigenvalue weighted by molar-refractivity contribution is 0.142. The van der Waals surface area contributed by atoms with Crippen LogP contribution in [0.4, 0.5) is 8.78 Å². The molecule has 1 heterocycles. The number of alkyl halides is 2. The molecule has 4 nitrogen and oxygen atoms in total. The maximum absolute atomic E-state index is 12.5. The third-order valence-corrected chi connectivity index (χ3v) is 3.79. The van der Waals surface area contributed by atoms with E-state index in [9.17, 15) is 17.2 Å². The highest BCUT2D eigenvalue weighted by Gasteiger charge is 2.25. The van der Waals surface area contributed by atoms with Crippen LogP contribution in [0.25, 0.3) is 0 Å². The predicted octanol–water partition coefficient (Wildman–Crippen LogP) is 1.58. The summed E-state index contributed by atoms with van der Waals surface area (Å²) in [4.78, 5) is 2.89. The molecule has 1 aromatic heterocycles. The normalized spacial score (nSPS) is 12.1. The summed E-state index contributed by atoms with van der Waals surface area (Å²) < 4.78 is 47.4. The van der Waals surface area contributed by atoms with Crippen LogP contribution in [0.2, 0.25) is 0 Å². The topological polar surface area (TPSA) is 73.1 Å². The highest BCUT2D eigenvalue weighted by atomic mass is 127. The van der Waals surface area contributed by atoms with E-state index in [1.165, 1.54) is 13.0 Å². The van der Waals surface area contributed by atoms with Gasteiger partial charge >= 0.3 is 0 Å². The Balaban J connectivity index is 3.62. The molecule has 0 aromatic carbocycles. The highest BCUT2D eigenvalue weighted by molar-refractivity contribution is 14.1. The average molecular weight is 348 g/mol. The second kappa shape index (κ2) is 4.26. The second-order valence-electron chi connectivity index (χ2n) is 2.81. The zero-order valence-corrected chi connectivity index (χ0v) is 10.5. The van der Waals surface area contributed by atoms with Gasteiger partial charge in [0.1, 0.15) is 10.6 Å². The Morgan fingerprint density at radius 1 is 1.53 bits per heavy atom. The predicted molar refractivity (Wildman–Crippen MR) is 58.0 cm³/mol. The Hall–Kier alpha value is -0.350. The molecule has 84 valence electrons. The quantitative estimate of drug-likeness (QED) is 0.825. The van der Waals surface area contributed by atoms with Crippen LogP contribution in [-0.2, 0) is 10.0 Å². The van der Waals surface area contributed by atoms with E-state index < -0.39 is 27.0 Å². The first kappa shape index (κ1) is 12.7. The van der Waals surface area contributed by atoms with Crippen LogP contribution < -0.4 is 5.14 Å². The number of pyridine rings is 1. The molecule has 0 aliphatic carbocycles. The van der Waals surface area contributed by atoms with Gasteiger partial charge in [0, 0.05) is 9.26 Å². The van der Waals surface area contributed by atoms with Crippen molar-refractivity contribution >= 4 is 32.6 Å². The molecule has 0 saturated carbocycles. The van der Waals surface area contributed by atoms with Crippen LogP contribution in [-0.4, -0.2) is 13.4 Å². The summed E-state index contributed by atoms with van der Waals surface area (Å²) in [6, 6.07) is 1.38. The van der Waals surface area contributed by atoms with Gasteiger partial charge in [-0.15, -0.1) is 0 Å². The summed E-state index contributed by atoms with van der Waals surface area (Å²) in [6.07, 6.45) is -2.97. The van der Waals surface area contributed by atoms with Gasteiger partial charge in [0.15, 0.2) is 0 Å². The Morgan fingerprint density at radius 2 is 2.07 bits per heavy atom. The van der Waals surface area contributed by atoms with E-state index in [0.29, 0.717) is 5.69 Å². The highest BCUT2D eigenvalue weighted by Crippen LogP contribution is 2.28. The van der Waals surface area contributed by atoms with E-state index in [1.54, 1.807) is 22.6 Å². The summed E-state index contributed by atoms with van der Waals surface area (Å²) in [5.41, 5.74) is -0.469. The molecule has 0 unspecified atom stereocenters. The molecule has 0 atom stereocenters. The van der Waals surface area contributed by atoms with Crippen molar-refractivity contribution < 1.29 is 17.2 Å². The fourth-order valence-electron chi connectivity index (χ4n) is 1.07. The van der Waals surface area contributed by atoms with Crippen LogP contribution in [0.1, 0.15) is 17.8 Å². The third kappa shape index (κ3) is 2.82. The first-order valence-corrected chi connectivity index (χ1v) is 6.34. The van der Waals surface area contributed by atoms with Gasteiger partial charge < -0.3 is 0 Å². The second-order valence-corrected chi connectivity index (χ2v) is 5.47. The number of aryl methyl sites for hydroxylation is 1. The molecule has 8 heteroatoms. The Morgan fingerprint density at radius 3 is 2.47 bits per heavy atom. The number of halogens is 3. The molecule has 0 fully saturated rings. The number of aromatic nitrogens is 1. The number of primary sulfonamides is 1. The number of hydrogen-bond acceptors (Lipinski definition) is 3. The first-order valence-electron chi connectivity index (χ1n) is 3.71. The molecule has 0 saturated heterocycles. The monoisotopic (exact) mass is 348 g/mol. The van der Waals surface area contributed by atoms with Crippen LogP contribution in [0.5, 0.6) is 0 Å². The minimum absolute atomic E-state index is 0.151. The zero-order chi connectivity index (χ0) is 11.8. The van der Waals surface area contributed by atoms with E-state index >= 15 is 0 Å². The minimum Gasteiger partial charge on any atom is -0.251 e. The van der Waals surface area contributed by atoms with Crippen molar-refractivity contribution in [1.29, 1.82) is 0 Å². The van der Waals surface area contributed by atoms with Gasteiger partial charge in [0.2, 0.25) is 10.0 Å². The molecule has 0 amide bonds. The van der Waals surface area contributed by atoms with Crippen LogP contribution in [0.15, 0.2) is 11.0 Å². The van der Waals surface area contributed by atoms with Crippen molar-refractivity contribution in [1.82, 2.24) is 4.98 Å². The van der Waals surface area contributed by atoms with Crippen molar-refractivity contribution in [2.45, 2.75) is 18.2 Å². The summed E-state index contributed by atoms with van der Waals surface area (Å²) in [7, 11) is -4.18. The number of sulfonamides is 1. The molecule has 0 aliphatic heterocycles. The Bertz CT molecular complexity index is 490. The number of nitrogens with zero attached hydrogens (tertiary/aromatic N) is 1. The van der Waals surface area contributed by atoms with Crippen molar-refractivity contribution in [3.63, 3.8) is 0 Å². The molecule has 1 rings (SSSR count). The third-order valence-electron chi connectivity index (χ3n) is 1.57. The lowest BCUT2D eigenvalue weighted by atomic mass is 10.3. The molecule has 15 heavy (non-hydrogen) atoms. The largest absolute Gasteiger partial charge is 0.281 e. The van der Waals surface area contributed by atoms with Crippen molar-refractivity contribution in [3.8, 4) is 0 Å². The van der Waals surface area contributed by atoms with Crippen LogP contribution in [0, 0.1) is 10.5 Å². The van der Waals surface area contributed by atoms with Gasteiger partial charge in [-0.05, 0) is 35.6 Å². The lowest BCUT2D eigenvalue weighted by Crippen LogP contribution is -2.18. The molecule has 0 radical (unpaired) electrons. The maximum Gasteiger partial charge on any atom is 0.281 e. The Kier molecular flexibility index (Phi) is 3.61. The molecule has 0 aliphatic rings. The summed E-state index contributed by atoms with van der Waals surface area (Å²) in [5.74, 6) is 0. The van der Waals surface area contributed by atoms with Gasteiger partial charge in [-0.3, -0.25) is 4.98 Å². The molecule has 2 N–H and O–H groups in total. The van der Waals surface area contributed by atoms with E-state index in [4.69, 9.17) is 5.14 Å². The SMILES string of the molecule is Cc1cc(I)c(S(N)(=O)=O)c(C(F)F)n1. The van der Waals surface area contributed by atoms with E-state index in [0.717, 1.165) is 0 Å². The molecule has 0 bridgehead atoms. The smallest absolute Gasteiger partial charge is 0.251 e. The average Bonchev–Trinajstić information content (AvgIpc) is 1.99. The fraction of sp³-hybridized carbons (Fsp3) is 0.286. The maximum atomic E-state index is 12.5. The number of nitrogens with two attached hydrogens (primary N) is 1. The molecular weight excluding hydrogens is 341 g/mol. The van der Waals surface area contributed by atoms with Crippen molar-refractivity contribution in [3.05, 3.63) is 21.0 Å². The van der Waals surface area contributed by atoms with E-state index in [-0.39, 0.29) is 3.57 Å². The van der Waals surface area contributed by atoms with E-state index in [2.05, 4.69) is 4.98 Å². The van der Waals surface area contributed by atoms with Gasteiger partial charge in [-0.1, -0.05) is 0 Å². The standard InChI is InChI=1S/C7H7F2IN2O2S/c1-3-2-4(10)6(15(11,13)14)5(12-3)7(8)9/h2,7H,1H3,(H2,11,13,14). The Labute approximate surface area is 99.1 Å². The van der Waals surface area contributed by atoms with Gasteiger partial charge in [-0.2, -0.15) is 0 Å². The van der Waals surface area contributed by atoms with Gasteiger partial charge in [0.05, 0.1) is 0 Å². The van der Waals surface area contributed by atoms with Crippen LogP contribution in [0.3, 0.4) is 0 Å². The van der Waals surface area contributed by atoms with Crippen molar-refractivity contribution in [2.24, 2.45) is 5.14 Å². The first-order chi connectivity index (χ1) is 6.73. The summed E-state index contributed by atoms with van der Waals surface area (Å²) in [6.45, 7) is 1.50. The van der Waals surface area contributed by atoms with Gasteiger partial charge in [-0.25, -0.2) is 22.3 Å². The van der Waals surface area contributed by atoms with Crippen LogP contribution >= 0.6 is 22.6 Å². The van der Waals surface area contributed by atoms with E-state index in [1.807, 2.05) is 0 Å². The number of rotatable bonds is 2. The fourth-order valence-corrected chi connectivity index (χ4v) is 3.48. The summed E-state index contributed by atoms with van der Waals surface area (Å²) in [5, 5.41) is 4.84. The zero-order valence-electron chi connectivity index (χ0n) is 7.54.